The van der Waals surface area contributed by atoms with Gasteiger partial charge in [0.15, 0.2) is 6.10 Å². The second kappa shape index (κ2) is 37.3. The van der Waals surface area contributed by atoms with Gasteiger partial charge in [-0.3, -0.25) is 14.2 Å². The fraction of sp³-hybridized carbons (Fsp3) is 0.909. The number of esters is 2. The van der Waals surface area contributed by atoms with Crippen LogP contribution in [0.3, 0.4) is 0 Å². The molecule has 1 unspecified atom stereocenters. The van der Waals surface area contributed by atoms with E-state index in [2.05, 4.69) is 26.0 Å². The van der Waals surface area contributed by atoms with Gasteiger partial charge < -0.3 is 27.9 Å². The van der Waals surface area contributed by atoms with E-state index < -0.39 is 26.5 Å². The van der Waals surface area contributed by atoms with Crippen molar-refractivity contribution in [3.63, 3.8) is 0 Å². The third-order valence-corrected chi connectivity index (χ3v) is 10.7. The highest BCUT2D eigenvalue weighted by atomic mass is 31.2. The Morgan fingerprint density at radius 3 is 1.37 bits per heavy atom. The summed E-state index contributed by atoms with van der Waals surface area (Å²) in [4.78, 5) is 37.5. The van der Waals surface area contributed by atoms with Gasteiger partial charge in [0, 0.05) is 12.8 Å². The van der Waals surface area contributed by atoms with Crippen LogP contribution in [0.25, 0.3) is 0 Å². The maximum Gasteiger partial charge on any atom is 0.306 e. The fourth-order valence-electron chi connectivity index (χ4n) is 6.24. The van der Waals surface area contributed by atoms with Crippen LogP contribution in [0.2, 0.25) is 0 Å². The quantitative estimate of drug-likeness (QED) is 0.0198. The minimum atomic E-state index is -4.62. The molecule has 0 bridgehead atoms. The van der Waals surface area contributed by atoms with E-state index in [9.17, 15) is 19.0 Å². The Kier molecular flexibility index (Phi) is 36.5. The van der Waals surface area contributed by atoms with Crippen LogP contribution in [0.4, 0.5) is 0 Å². The predicted molar refractivity (Wildman–Crippen MR) is 222 cm³/mol. The van der Waals surface area contributed by atoms with E-state index in [-0.39, 0.29) is 32.0 Å². The number of rotatable bonds is 41. The Morgan fingerprint density at radius 1 is 0.556 bits per heavy atom. The Morgan fingerprint density at radius 2 is 0.944 bits per heavy atom. The minimum Gasteiger partial charge on any atom is -0.756 e. The topological polar surface area (TPSA) is 111 Å². The number of allylic oxidation sites excluding steroid dienone is 2. The zero-order valence-electron chi connectivity index (χ0n) is 35.9. The van der Waals surface area contributed by atoms with Crippen LogP contribution < -0.4 is 4.89 Å². The van der Waals surface area contributed by atoms with Gasteiger partial charge in [-0.15, -0.1) is 0 Å². The van der Waals surface area contributed by atoms with Crippen molar-refractivity contribution < 1.29 is 42.1 Å². The van der Waals surface area contributed by atoms with Crippen molar-refractivity contribution >= 4 is 19.8 Å². The van der Waals surface area contributed by atoms with Gasteiger partial charge in [0.2, 0.25) is 0 Å². The van der Waals surface area contributed by atoms with Crippen LogP contribution in [0, 0.1) is 0 Å². The summed E-state index contributed by atoms with van der Waals surface area (Å²) >= 11 is 0. The minimum absolute atomic E-state index is 0.0289. The van der Waals surface area contributed by atoms with Crippen molar-refractivity contribution in [2.24, 2.45) is 0 Å². The highest BCUT2D eigenvalue weighted by Gasteiger charge is 2.21. The number of likely N-dealkylation sites (N-methyl/N-ethyl adjacent to an activating group) is 1. The third-order valence-electron chi connectivity index (χ3n) is 9.79. The van der Waals surface area contributed by atoms with Crippen molar-refractivity contribution in [2.75, 3.05) is 47.5 Å². The molecular weight excluding hydrogens is 701 g/mol. The number of nitrogens with zero attached hydrogens (tertiary/aromatic N) is 1. The summed E-state index contributed by atoms with van der Waals surface area (Å²) in [6, 6.07) is 0. The second-order valence-electron chi connectivity index (χ2n) is 16.4. The number of quaternary nitrogens is 1. The first kappa shape index (κ1) is 52.8. The van der Waals surface area contributed by atoms with Gasteiger partial charge in [-0.1, -0.05) is 167 Å². The number of phosphoric acid groups is 1. The van der Waals surface area contributed by atoms with Gasteiger partial charge in [0.05, 0.1) is 27.7 Å². The summed E-state index contributed by atoms with van der Waals surface area (Å²) in [7, 11) is 1.17. The standard InChI is InChI=1S/C44H86NO8P/c1-6-8-10-12-14-16-18-20-22-23-25-26-28-30-32-34-36-43(46)50-40-42(41-52-54(48,49)51-39-38-45(3,4)5)53-44(47)37-35-33-31-29-27-24-21-19-17-15-13-11-9-7-2/h22-23,42H,6-21,24-41H2,1-5H3/b23-22-/t42-/m1/s1. The van der Waals surface area contributed by atoms with Gasteiger partial charge in [-0.2, -0.15) is 0 Å². The molecule has 0 spiro atoms. The molecule has 0 amide bonds. The molecule has 0 saturated carbocycles. The molecule has 0 rings (SSSR count). The van der Waals surface area contributed by atoms with Gasteiger partial charge in [-0.05, 0) is 38.5 Å². The lowest BCUT2D eigenvalue weighted by Crippen LogP contribution is -2.37. The van der Waals surface area contributed by atoms with Crippen molar-refractivity contribution in [1.82, 2.24) is 0 Å². The highest BCUT2D eigenvalue weighted by molar-refractivity contribution is 7.45. The zero-order valence-corrected chi connectivity index (χ0v) is 36.8. The lowest BCUT2D eigenvalue weighted by molar-refractivity contribution is -0.870. The first-order valence-corrected chi connectivity index (χ1v) is 23.9. The number of ether oxygens (including phenoxy) is 2. The molecule has 0 aliphatic carbocycles. The van der Waals surface area contributed by atoms with Crippen molar-refractivity contribution in [1.29, 1.82) is 0 Å². The molecule has 0 aromatic rings. The molecule has 9 nitrogen and oxygen atoms in total. The van der Waals surface area contributed by atoms with E-state index >= 15 is 0 Å². The van der Waals surface area contributed by atoms with Crippen LogP contribution in [0.5, 0.6) is 0 Å². The molecule has 10 heteroatoms. The lowest BCUT2D eigenvalue weighted by Gasteiger charge is -2.28. The molecule has 320 valence electrons. The van der Waals surface area contributed by atoms with Gasteiger partial charge in [0.1, 0.15) is 19.8 Å². The Labute approximate surface area is 333 Å². The SMILES string of the molecule is CCCCCCCCC/C=C\CCCCCCCC(=O)OC[C@H](COP(=O)([O-])OCC[N+](C)(C)C)OC(=O)CCCCCCCCCCCCCCCC. The van der Waals surface area contributed by atoms with Gasteiger partial charge in [-0.25, -0.2) is 0 Å². The Bertz CT molecular complexity index is 938. The monoisotopic (exact) mass is 788 g/mol. The first-order valence-electron chi connectivity index (χ1n) is 22.4. The molecule has 0 heterocycles. The molecule has 0 aliphatic rings. The Balaban J connectivity index is 4.33. The smallest absolute Gasteiger partial charge is 0.306 e. The van der Waals surface area contributed by atoms with Gasteiger partial charge >= 0.3 is 11.9 Å². The number of hydrogen-bond acceptors (Lipinski definition) is 8. The molecule has 0 fully saturated rings. The Hall–Kier alpha value is -1.25. The van der Waals surface area contributed by atoms with Crippen LogP contribution >= 0.6 is 7.82 Å². The van der Waals surface area contributed by atoms with Crippen LogP contribution in [-0.4, -0.2) is 70.0 Å². The molecule has 0 aromatic carbocycles. The highest BCUT2D eigenvalue weighted by Crippen LogP contribution is 2.38. The summed E-state index contributed by atoms with van der Waals surface area (Å²) < 4.78 is 33.9. The van der Waals surface area contributed by atoms with E-state index in [4.69, 9.17) is 18.5 Å². The molecule has 0 saturated heterocycles. The fourth-order valence-corrected chi connectivity index (χ4v) is 6.97. The predicted octanol–water partition coefficient (Wildman–Crippen LogP) is 11.9. The second-order valence-corrected chi connectivity index (χ2v) is 17.8. The maximum absolute atomic E-state index is 12.7. The largest absolute Gasteiger partial charge is 0.756 e. The summed E-state index contributed by atoms with van der Waals surface area (Å²) in [6.45, 7) is 4.24. The summed E-state index contributed by atoms with van der Waals surface area (Å²) in [5.74, 6) is -0.835. The summed E-state index contributed by atoms with van der Waals surface area (Å²) in [6.07, 6.45) is 38.0. The molecular formula is C44H86NO8P. The number of carbonyl (C=O) groups is 2. The van der Waals surface area contributed by atoms with Gasteiger partial charge in [0.25, 0.3) is 7.82 Å². The normalized spacial score (nSPS) is 13.7. The molecule has 0 N–H and O–H groups in total. The molecule has 0 aromatic heterocycles. The average Bonchev–Trinajstić information content (AvgIpc) is 3.12. The van der Waals surface area contributed by atoms with E-state index in [1.54, 1.807) is 0 Å². The molecule has 2 atom stereocenters. The van der Waals surface area contributed by atoms with E-state index in [0.29, 0.717) is 17.4 Å². The molecule has 0 aliphatic heterocycles. The summed E-state index contributed by atoms with van der Waals surface area (Å²) in [5.41, 5.74) is 0. The molecule has 0 radical (unpaired) electrons. The van der Waals surface area contributed by atoms with Crippen molar-refractivity contribution in [3.05, 3.63) is 12.2 Å². The molecule has 54 heavy (non-hydrogen) atoms. The number of unbranched alkanes of at least 4 members (excludes halogenated alkanes) is 25. The number of phosphoric ester groups is 1. The first-order chi connectivity index (χ1) is 26.0. The zero-order chi connectivity index (χ0) is 40.0. The van der Waals surface area contributed by atoms with Crippen LogP contribution in [0.15, 0.2) is 12.2 Å². The van der Waals surface area contributed by atoms with E-state index in [1.165, 1.54) is 122 Å². The maximum atomic E-state index is 12.7. The number of carbonyl (C=O) groups excluding carboxylic acids is 2. The van der Waals surface area contributed by atoms with Crippen LogP contribution in [0.1, 0.15) is 206 Å². The lowest BCUT2D eigenvalue weighted by atomic mass is 10.0. The number of hydrogen-bond donors (Lipinski definition) is 0. The van der Waals surface area contributed by atoms with Crippen LogP contribution in [-0.2, 0) is 32.7 Å². The summed E-state index contributed by atoms with van der Waals surface area (Å²) in [5, 5.41) is 0. The van der Waals surface area contributed by atoms with E-state index in [1.807, 2.05) is 21.1 Å². The van der Waals surface area contributed by atoms with Crippen molar-refractivity contribution in [3.8, 4) is 0 Å². The van der Waals surface area contributed by atoms with Crippen molar-refractivity contribution in [2.45, 2.75) is 213 Å². The third kappa shape index (κ3) is 40.4. The average molecular weight is 788 g/mol. The van der Waals surface area contributed by atoms with E-state index in [0.717, 1.165) is 51.4 Å².